The van der Waals surface area contributed by atoms with Gasteiger partial charge in [-0.1, -0.05) is 77.5 Å². The van der Waals surface area contributed by atoms with E-state index >= 15 is 0 Å². The van der Waals surface area contributed by atoms with E-state index in [-0.39, 0.29) is 58.9 Å². The fourth-order valence-electron chi connectivity index (χ4n) is 9.30. The van der Waals surface area contributed by atoms with Crippen LogP contribution in [0.15, 0.2) is 83.5 Å². The molecule has 1 radical (unpaired) electrons. The molecule has 2 aliphatic carbocycles. The van der Waals surface area contributed by atoms with E-state index in [1.54, 1.807) is 24.4 Å². The standard InChI is InChI=1S/C34H41N2O.C13H12N.Ir/c1-22-11-12-25-24-9-8-10-26(28(24)37-30(25)36-22)27-19-23(13-18-35-27)29-32(4,5)20-34(21-33(29,6)7)16-14-31(2,3)15-17-34;1-10-3-6-12(7-4-10)13-8-5-11(2)9-14-13;/h8-9,11-13,18-19,29H,14-17,20-21H2,1-7H3;3-6,8-9H,1-2H3;/q2*-1;/i1D3,29D;1D3,2D3;. The van der Waals surface area contributed by atoms with E-state index in [9.17, 15) is 1.37 Å². The summed E-state index contributed by atoms with van der Waals surface area (Å²) in [7, 11) is 0. The maximum atomic E-state index is 10.2. The summed E-state index contributed by atoms with van der Waals surface area (Å²) in [6, 6.07) is 24.9. The average molecular weight is 878 g/mol. The molecule has 0 atom stereocenters. The van der Waals surface area contributed by atoms with Crippen LogP contribution in [-0.2, 0) is 20.1 Å². The van der Waals surface area contributed by atoms with Crippen molar-refractivity contribution in [1.29, 1.82) is 0 Å². The van der Waals surface area contributed by atoms with Gasteiger partial charge in [-0.05, 0) is 120 Å². The molecule has 2 saturated carbocycles. The summed E-state index contributed by atoms with van der Waals surface area (Å²) in [5.74, 6) is -0.826. The average Bonchev–Trinajstić information content (AvgIpc) is 3.56. The molecule has 2 aliphatic rings. The minimum atomic E-state index is -2.31. The molecule has 0 amide bonds. The van der Waals surface area contributed by atoms with Crippen LogP contribution < -0.4 is 0 Å². The zero-order chi connectivity index (χ0) is 44.6. The number of aryl methyl sites for hydroxylation is 3. The Morgan fingerprint density at radius 2 is 1.52 bits per heavy atom. The predicted molar refractivity (Wildman–Crippen MR) is 211 cm³/mol. The van der Waals surface area contributed by atoms with Gasteiger partial charge in [0.15, 0.2) is 0 Å². The Labute approximate surface area is 338 Å². The van der Waals surface area contributed by atoms with Gasteiger partial charge in [-0.2, -0.15) is 0 Å². The summed E-state index contributed by atoms with van der Waals surface area (Å²) in [6.45, 7) is 7.32. The van der Waals surface area contributed by atoms with Crippen LogP contribution in [-0.4, -0.2) is 15.0 Å². The van der Waals surface area contributed by atoms with Gasteiger partial charge in [-0.15, -0.1) is 53.6 Å². The fraction of sp³-hybridized carbons (Fsp3) is 0.426. The van der Waals surface area contributed by atoms with Gasteiger partial charge >= 0.3 is 0 Å². The maximum Gasteiger partial charge on any atom is 0.216 e. The Bertz CT molecular complexity index is 2470. The van der Waals surface area contributed by atoms with Crippen molar-refractivity contribution < 1.29 is 38.2 Å². The van der Waals surface area contributed by atoms with Crippen LogP contribution >= 0.6 is 0 Å². The van der Waals surface area contributed by atoms with Crippen molar-refractivity contribution in [2.75, 3.05) is 0 Å². The third kappa shape index (κ3) is 7.68. The molecule has 273 valence electrons. The number of fused-ring (bicyclic) bond motifs is 3. The molecule has 4 nitrogen and oxygen atoms in total. The molecule has 0 N–H and O–H groups in total. The summed E-state index contributed by atoms with van der Waals surface area (Å²) in [6.07, 6.45) is 10.2. The molecule has 0 unspecified atom stereocenters. The topological polar surface area (TPSA) is 51.8 Å². The minimum absolute atomic E-state index is 0. The van der Waals surface area contributed by atoms with Crippen LogP contribution in [0.25, 0.3) is 44.6 Å². The quantitative estimate of drug-likeness (QED) is 0.166. The van der Waals surface area contributed by atoms with Gasteiger partial charge in [0.05, 0.1) is 5.58 Å². The summed E-state index contributed by atoms with van der Waals surface area (Å²) >= 11 is 0. The second-order valence-electron chi connectivity index (χ2n) is 16.8. The zero-order valence-electron chi connectivity index (χ0n) is 40.8. The Morgan fingerprint density at radius 3 is 2.17 bits per heavy atom. The van der Waals surface area contributed by atoms with Crippen molar-refractivity contribution in [2.45, 2.75) is 107 Å². The number of furan rings is 1. The van der Waals surface area contributed by atoms with Gasteiger partial charge in [-0.3, -0.25) is 0 Å². The van der Waals surface area contributed by atoms with Crippen molar-refractivity contribution in [1.82, 2.24) is 15.0 Å². The molecule has 6 aromatic rings. The number of nitrogens with zero attached hydrogens (tertiary/aromatic N) is 3. The maximum absolute atomic E-state index is 10.2. The third-order valence-corrected chi connectivity index (χ3v) is 11.1. The van der Waals surface area contributed by atoms with Gasteiger partial charge in [0.1, 0.15) is 0 Å². The smallest absolute Gasteiger partial charge is 0.216 e. The van der Waals surface area contributed by atoms with Crippen molar-refractivity contribution in [3.05, 3.63) is 114 Å². The van der Waals surface area contributed by atoms with Gasteiger partial charge in [-0.25, -0.2) is 4.98 Å². The molecule has 0 bridgehead atoms. The van der Waals surface area contributed by atoms with Gasteiger partial charge in [0, 0.05) is 57.3 Å². The molecular formula is C47H53IrN3O-2. The van der Waals surface area contributed by atoms with Crippen molar-refractivity contribution in [2.24, 2.45) is 21.7 Å². The van der Waals surface area contributed by atoms with E-state index in [0.29, 0.717) is 33.5 Å². The number of aromatic nitrogens is 3. The van der Waals surface area contributed by atoms with Gasteiger partial charge < -0.3 is 14.4 Å². The monoisotopic (exact) mass is 878 g/mol. The summed E-state index contributed by atoms with van der Waals surface area (Å²) in [5, 5.41) is 1.60. The van der Waals surface area contributed by atoms with Crippen molar-refractivity contribution in [3.8, 4) is 22.5 Å². The largest absolute Gasteiger partial charge is 0.486 e. The second kappa shape index (κ2) is 14.3. The molecule has 4 heterocycles. The number of hydrogen-bond donors (Lipinski definition) is 0. The fourth-order valence-corrected chi connectivity index (χ4v) is 9.30. The second-order valence-corrected chi connectivity index (χ2v) is 16.8. The molecule has 1 spiro atoms. The molecule has 52 heavy (non-hydrogen) atoms. The number of hydrogen-bond acceptors (Lipinski definition) is 4. The number of benzene rings is 2. The van der Waals surface area contributed by atoms with Gasteiger partial charge in [0.2, 0.25) is 5.71 Å². The van der Waals surface area contributed by atoms with E-state index in [1.807, 2.05) is 18.2 Å². The molecular weight excluding hydrogens is 815 g/mol. The Hall–Kier alpha value is -3.66. The molecule has 2 fully saturated rings. The third-order valence-electron chi connectivity index (χ3n) is 11.1. The molecule has 4 aromatic heterocycles. The van der Waals surface area contributed by atoms with Crippen LogP contribution in [0.1, 0.15) is 122 Å². The first-order chi connectivity index (χ1) is 28.1. The van der Waals surface area contributed by atoms with Crippen LogP contribution in [0.5, 0.6) is 0 Å². The Kier molecular flexibility index (Phi) is 7.42. The molecule has 0 aliphatic heterocycles. The van der Waals surface area contributed by atoms with E-state index in [2.05, 4.69) is 69.7 Å². The molecule has 5 heteroatoms. The number of pyridine rings is 3. The van der Waals surface area contributed by atoms with E-state index < -0.39 is 26.4 Å². The van der Waals surface area contributed by atoms with Crippen LogP contribution in [0.2, 0.25) is 0 Å². The summed E-state index contributed by atoms with van der Waals surface area (Å²) < 4.78 is 83.3. The SMILES string of the molecule is [2H]C([2H])([2H])c1c[c-]c(-c2ccc(C([2H])([2H])[2H])cn2)cc1.[2H]C([2H])([2H])c1ccc2c(n1)oc1c(-c3cc(C4([2H])C(C)(C)CC5(CCC(C)(C)CC5)CC4(C)C)ccn3)[c-]ccc12.[Ir]. The first kappa shape index (κ1) is 27.0. The number of rotatable bonds is 3. The predicted octanol–water partition coefficient (Wildman–Crippen LogP) is 12.8. The Morgan fingerprint density at radius 1 is 0.769 bits per heavy atom. The normalized spacial score (nSPS) is 24.8. The minimum Gasteiger partial charge on any atom is -0.486 e. The molecule has 2 aromatic carbocycles. The van der Waals surface area contributed by atoms with Crippen molar-refractivity contribution in [3.63, 3.8) is 0 Å². The zero-order valence-corrected chi connectivity index (χ0v) is 33.2. The van der Waals surface area contributed by atoms with Crippen LogP contribution in [0.3, 0.4) is 0 Å². The van der Waals surface area contributed by atoms with Crippen molar-refractivity contribution >= 4 is 22.1 Å². The summed E-state index contributed by atoms with van der Waals surface area (Å²) in [4.78, 5) is 13.1. The van der Waals surface area contributed by atoms with E-state index in [0.717, 1.165) is 29.2 Å². The Balaban J connectivity index is 0.000000258. The first-order valence-corrected chi connectivity index (χ1v) is 17.9. The summed E-state index contributed by atoms with van der Waals surface area (Å²) in [5.41, 5.74) is 4.97. The van der Waals surface area contributed by atoms with E-state index in [1.165, 1.54) is 56.1 Å². The molecule has 8 rings (SSSR count). The van der Waals surface area contributed by atoms with E-state index in [4.69, 9.17) is 21.7 Å². The van der Waals surface area contributed by atoms with Crippen LogP contribution in [0, 0.1) is 54.3 Å². The van der Waals surface area contributed by atoms with Crippen LogP contribution in [0.4, 0.5) is 0 Å². The van der Waals surface area contributed by atoms with Gasteiger partial charge in [0.25, 0.3) is 0 Å². The first-order valence-electron chi connectivity index (χ1n) is 22.9. The molecule has 0 saturated heterocycles.